The SMILES string of the molecule is C=C(Br)c1ccc(C)c(C)c1. The Balaban J connectivity index is 3.15. The molecule has 1 rings (SSSR count). The number of aryl methyl sites for hydroxylation is 2. The molecule has 0 N–H and O–H groups in total. The molecule has 0 saturated heterocycles. The Bertz CT molecular complexity index is 287. The molecule has 1 heteroatoms. The number of halogens is 1. The lowest BCUT2D eigenvalue weighted by atomic mass is 10.1. The lowest BCUT2D eigenvalue weighted by molar-refractivity contribution is 1.33. The number of hydrogen-bond donors (Lipinski definition) is 0. The maximum atomic E-state index is 3.81. The Kier molecular flexibility index (Phi) is 2.50. The van der Waals surface area contributed by atoms with Gasteiger partial charge in [0.25, 0.3) is 0 Å². The summed E-state index contributed by atoms with van der Waals surface area (Å²) in [6, 6.07) is 6.31. The second-order valence-electron chi connectivity index (χ2n) is 2.70. The summed E-state index contributed by atoms with van der Waals surface area (Å²) in [5, 5.41) is 0. The van der Waals surface area contributed by atoms with Crippen LogP contribution in [0.2, 0.25) is 0 Å². The highest BCUT2D eigenvalue weighted by atomic mass is 79.9. The third-order valence-electron chi connectivity index (χ3n) is 1.82. The van der Waals surface area contributed by atoms with Crippen molar-refractivity contribution in [2.45, 2.75) is 13.8 Å². The third-order valence-corrected chi connectivity index (χ3v) is 2.28. The Morgan fingerprint density at radius 2 is 1.91 bits per heavy atom. The van der Waals surface area contributed by atoms with Gasteiger partial charge in [-0.05, 0) is 30.5 Å². The quantitative estimate of drug-likeness (QED) is 0.664. The van der Waals surface area contributed by atoms with E-state index in [4.69, 9.17) is 0 Å². The number of rotatable bonds is 1. The van der Waals surface area contributed by atoms with E-state index in [0.717, 1.165) is 10.0 Å². The Labute approximate surface area is 76.1 Å². The van der Waals surface area contributed by atoms with Crippen molar-refractivity contribution in [3.8, 4) is 0 Å². The van der Waals surface area contributed by atoms with Gasteiger partial charge in [0.2, 0.25) is 0 Å². The molecule has 0 saturated carbocycles. The molecule has 1 aromatic rings. The maximum absolute atomic E-state index is 3.81. The molecule has 0 unspecified atom stereocenters. The summed E-state index contributed by atoms with van der Waals surface area (Å²) < 4.78 is 0.945. The first-order chi connectivity index (χ1) is 5.11. The summed E-state index contributed by atoms with van der Waals surface area (Å²) in [6.45, 7) is 8.03. The van der Waals surface area contributed by atoms with Crippen molar-refractivity contribution in [1.29, 1.82) is 0 Å². The molecular formula is C10H11Br. The van der Waals surface area contributed by atoms with Crippen molar-refractivity contribution in [1.82, 2.24) is 0 Å². The molecule has 0 amide bonds. The summed E-state index contributed by atoms with van der Waals surface area (Å²) in [7, 11) is 0. The predicted molar refractivity (Wildman–Crippen MR) is 53.9 cm³/mol. The zero-order valence-electron chi connectivity index (χ0n) is 6.82. The molecule has 0 nitrogen and oxygen atoms in total. The van der Waals surface area contributed by atoms with Crippen molar-refractivity contribution in [2.24, 2.45) is 0 Å². The van der Waals surface area contributed by atoms with E-state index in [1.165, 1.54) is 11.1 Å². The van der Waals surface area contributed by atoms with Gasteiger partial charge < -0.3 is 0 Å². The van der Waals surface area contributed by atoms with Crippen LogP contribution in [-0.4, -0.2) is 0 Å². The lowest BCUT2D eigenvalue weighted by Crippen LogP contribution is -1.82. The molecule has 0 aliphatic rings. The van der Waals surface area contributed by atoms with Crippen molar-refractivity contribution in [2.75, 3.05) is 0 Å². The van der Waals surface area contributed by atoms with Gasteiger partial charge in [-0.2, -0.15) is 0 Å². The molecule has 58 valence electrons. The van der Waals surface area contributed by atoms with Crippen LogP contribution in [0.1, 0.15) is 16.7 Å². The Hall–Kier alpha value is -0.560. The highest BCUT2D eigenvalue weighted by Gasteiger charge is 1.96. The highest BCUT2D eigenvalue weighted by Crippen LogP contribution is 2.20. The third kappa shape index (κ3) is 1.93. The van der Waals surface area contributed by atoms with Crippen LogP contribution in [0.3, 0.4) is 0 Å². The summed E-state index contributed by atoms with van der Waals surface area (Å²) in [5.74, 6) is 0. The predicted octanol–water partition coefficient (Wildman–Crippen LogP) is 3.67. The van der Waals surface area contributed by atoms with Gasteiger partial charge in [-0.15, -0.1) is 0 Å². The molecule has 0 aliphatic carbocycles. The van der Waals surface area contributed by atoms with Gasteiger partial charge in [-0.3, -0.25) is 0 Å². The minimum absolute atomic E-state index is 0.945. The van der Waals surface area contributed by atoms with E-state index >= 15 is 0 Å². The Morgan fingerprint density at radius 1 is 1.27 bits per heavy atom. The number of benzene rings is 1. The molecular weight excluding hydrogens is 200 g/mol. The maximum Gasteiger partial charge on any atom is 0.0175 e. The lowest BCUT2D eigenvalue weighted by Gasteiger charge is -2.02. The number of hydrogen-bond acceptors (Lipinski definition) is 0. The average Bonchev–Trinajstić information content (AvgIpc) is 1.94. The molecule has 0 spiro atoms. The van der Waals surface area contributed by atoms with E-state index in [2.05, 4.69) is 54.6 Å². The zero-order valence-corrected chi connectivity index (χ0v) is 8.40. The van der Waals surface area contributed by atoms with Crippen LogP contribution < -0.4 is 0 Å². The molecule has 1 aromatic carbocycles. The molecule has 0 heterocycles. The van der Waals surface area contributed by atoms with Gasteiger partial charge in [-0.1, -0.05) is 40.7 Å². The summed E-state index contributed by atoms with van der Waals surface area (Å²) in [4.78, 5) is 0. The average molecular weight is 211 g/mol. The van der Waals surface area contributed by atoms with Crippen molar-refractivity contribution >= 4 is 20.4 Å². The summed E-state index contributed by atoms with van der Waals surface area (Å²) in [6.07, 6.45) is 0. The minimum atomic E-state index is 0.945. The molecule has 0 aromatic heterocycles. The first kappa shape index (κ1) is 8.54. The van der Waals surface area contributed by atoms with Crippen LogP contribution in [-0.2, 0) is 0 Å². The fourth-order valence-corrected chi connectivity index (χ4v) is 1.16. The van der Waals surface area contributed by atoms with E-state index in [0.29, 0.717) is 0 Å². The monoisotopic (exact) mass is 210 g/mol. The van der Waals surface area contributed by atoms with E-state index in [9.17, 15) is 0 Å². The second kappa shape index (κ2) is 3.22. The van der Waals surface area contributed by atoms with Crippen molar-refractivity contribution in [3.63, 3.8) is 0 Å². The van der Waals surface area contributed by atoms with Crippen LogP contribution in [0.25, 0.3) is 4.48 Å². The van der Waals surface area contributed by atoms with Crippen LogP contribution >= 0.6 is 15.9 Å². The largest absolute Gasteiger partial charge is 0.0841 e. The fourth-order valence-electron chi connectivity index (χ4n) is 0.910. The van der Waals surface area contributed by atoms with Crippen LogP contribution in [0.4, 0.5) is 0 Å². The van der Waals surface area contributed by atoms with Gasteiger partial charge in [0.1, 0.15) is 0 Å². The van der Waals surface area contributed by atoms with Crippen LogP contribution in [0.15, 0.2) is 24.8 Å². The van der Waals surface area contributed by atoms with Gasteiger partial charge in [0, 0.05) is 4.48 Å². The Morgan fingerprint density at radius 3 is 2.36 bits per heavy atom. The first-order valence-electron chi connectivity index (χ1n) is 3.53. The summed E-state index contributed by atoms with van der Waals surface area (Å²) in [5.41, 5.74) is 3.79. The van der Waals surface area contributed by atoms with Gasteiger partial charge in [0.05, 0.1) is 0 Å². The molecule has 0 aliphatic heterocycles. The van der Waals surface area contributed by atoms with Gasteiger partial charge >= 0.3 is 0 Å². The van der Waals surface area contributed by atoms with E-state index in [1.54, 1.807) is 0 Å². The highest BCUT2D eigenvalue weighted by molar-refractivity contribution is 9.15. The normalized spacial score (nSPS) is 9.73. The van der Waals surface area contributed by atoms with Crippen molar-refractivity contribution < 1.29 is 0 Å². The van der Waals surface area contributed by atoms with Crippen molar-refractivity contribution in [3.05, 3.63) is 41.5 Å². The van der Waals surface area contributed by atoms with E-state index in [1.807, 2.05) is 0 Å². The van der Waals surface area contributed by atoms with E-state index in [-0.39, 0.29) is 0 Å². The molecule has 0 fully saturated rings. The summed E-state index contributed by atoms with van der Waals surface area (Å²) >= 11 is 3.35. The van der Waals surface area contributed by atoms with Gasteiger partial charge in [-0.25, -0.2) is 0 Å². The molecule has 0 bridgehead atoms. The standard InChI is InChI=1S/C10H11Br/c1-7-4-5-10(9(3)11)6-8(7)2/h4-6H,3H2,1-2H3. The smallest absolute Gasteiger partial charge is 0.0175 e. The second-order valence-corrected chi connectivity index (χ2v) is 3.66. The zero-order chi connectivity index (χ0) is 8.43. The van der Waals surface area contributed by atoms with E-state index < -0.39 is 0 Å². The fraction of sp³-hybridized carbons (Fsp3) is 0.200. The molecule has 0 radical (unpaired) electrons. The topological polar surface area (TPSA) is 0 Å². The molecule has 0 atom stereocenters. The van der Waals surface area contributed by atoms with Crippen LogP contribution in [0, 0.1) is 13.8 Å². The van der Waals surface area contributed by atoms with Gasteiger partial charge in [0.15, 0.2) is 0 Å². The molecule has 11 heavy (non-hydrogen) atoms. The van der Waals surface area contributed by atoms with Crippen LogP contribution in [0.5, 0.6) is 0 Å². The minimum Gasteiger partial charge on any atom is -0.0841 e. The first-order valence-corrected chi connectivity index (χ1v) is 4.32.